The van der Waals surface area contributed by atoms with Gasteiger partial charge in [0, 0.05) is 0 Å². The highest BCUT2D eigenvalue weighted by molar-refractivity contribution is 5.20. The molecule has 0 saturated heterocycles. The first kappa shape index (κ1) is 16.0. The van der Waals surface area contributed by atoms with Crippen LogP contribution in [-0.4, -0.2) is 0 Å². The van der Waals surface area contributed by atoms with Crippen LogP contribution >= 0.6 is 0 Å². The fourth-order valence-electron chi connectivity index (χ4n) is 2.69. The van der Waals surface area contributed by atoms with Crippen molar-refractivity contribution in [2.45, 2.75) is 70.6 Å². The first-order chi connectivity index (χ1) is 9.38. The Bertz CT molecular complexity index is 312. The predicted octanol–water partition coefficient (Wildman–Crippen LogP) is 6.49. The highest BCUT2D eigenvalue weighted by Gasteiger charge is 2.08. The van der Waals surface area contributed by atoms with E-state index in [9.17, 15) is 0 Å². The molecule has 0 heterocycles. The van der Waals surface area contributed by atoms with E-state index >= 15 is 0 Å². The average molecular weight is 258 g/mol. The minimum atomic E-state index is 0.675. The van der Waals surface area contributed by atoms with Crippen LogP contribution in [-0.2, 0) is 0 Å². The van der Waals surface area contributed by atoms with Crippen molar-refractivity contribution in [3.05, 3.63) is 48.6 Å². The second-order valence-electron chi connectivity index (χ2n) is 5.54. The van der Waals surface area contributed by atoms with Crippen LogP contribution in [0, 0.1) is 0 Å². The second kappa shape index (κ2) is 10.8. The van der Waals surface area contributed by atoms with E-state index in [1.807, 2.05) is 0 Å². The van der Waals surface area contributed by atoms with Crippen molar-refractivity contribution in [2.24, 2.45) is 0 Å². The number of hydrogen-bond donors (Lipinski definition) is 0. The molecule has 0 heteroatoms. The summed E-state index contributed by atoms with van der Waals surface area (Å²) >= 11 is 0. The zero-order chi connectivity index (χ0) is 13.8. The van der Waals surface area contributed by atoms with Gasteiger partial charge in [-0.25, -0.2) is 0 Å². The van der Waals surface area contributed by atoms with Crippen LogP contribution in [0.1, 0.15) is 76.2 Å². The number of unbranched alkanes of at least 4 members (excludes halogenated alkanes) is 6. The molecule has 1 aromatic rings. The third-order valence-electron chi connectivity index (χ3n) is 3.88. The standard InChI is InChI=1S/C19H30/c1-3-5-6-7-8-9-11-15-18(14-4-2)19-16-12-10-13-17-19/h4,10,12-13,16-18H,2-3,5-9,11,14-15H2,1H3. The van der Waals surface area contributed by atoms with Gasteiger partial charge in [0.05, 0.1) is 0 Å². The molecule has 0 aliphatic carbocycles. The van der Waals surface area contributed by atoms with Crippen LogP contribution in [0.4, 0.5) is 0 Å². The minimum Gasteiger partial charge on any atom is -0.103 e. The maximum absolute atomic E-state index is 3.90. The Morgan fingerprint density at radius 3 is 2.21 bits per heavy atom. The fourth-order valence-corrected chi connectivity index (χ4v) is 2.69. The van der Waals surface area contributed by atoms with Crippen LogP contribution in [0.25, 0.3) is 0 Å². The van der Waals surface area contributed by atoms with Crippen LogP contribution in [0.2, 0.25) is 0 Å². The summed E-state index contributed by atoms with van der Waals surface area (Å²) in [4.78, 5) is 0. The predicted molar refractivity (Wildman–Crippen MR) is 86.6 cm³/mol. The van der Waals surface area contributed by atoms with Crippen molar-refractivity contribution in [1.82, 2.24) is 0 Å². The summed E-state index contributed by atoms with van der Waals surface area (Å²) in [5, 5.41) is 0. The molecule has 0 saturated carbocycles. The van der Waals surface area contributed by atoms with Gasteiger partial charge in [0.25, 0.3) is 0 Å². The van der Waals surface area contributed by atoms with Gasteiger partial charge in [-0.3, -0.25) is 0 Å². The van der Waals surface area contributed by atoms with E-state index in [-0.39, 0.29) is 0 Å². The van der Waals surface area contributed by atoms with Gasteiger partial charge >= 0.3 is 0 Å². The maximum Gasteiger partial charge on any atom is -0.0127 e. The van der Waals surface area contributed by atoms with E-state index < -0.39 is 0 Å². The Labute approximate surface area is 119 Å². The molecule has 0 spiro atoms. The van der Waals surface area contributed by atoms with Crippen LogP contribution in [0.15, 0.2) is 43.0 Å². The fraction of sp³-hybridized carbons (Fsp3) is 0.579. The van der Waals surface area contributed by atoms with Crippen LogP contribution < -0.4 is 0 Å². The minimum absolute atomic E-state index is 0.675. The molecule has 0 fully saturated rings. The maximum atomic E-state index is 3.90. The van der Waals surface area contributed by atoms with E-state index in [2.05, 4.69) is 49.9 Å². The van der Waals surface area contributed by atoms with Crippen molar-refractivity contribution in [2.75, 3.05) is 0 Å². The van der Waals surface area contributed by atoms with Gasteiger partial charge in [0.1, 0.15) is 0 Å². The van der Waals surface area contributed by atoms with E-state index in [1.165, 1.54) is 56.9 Å². The average Bonchev–Trinajstić information content (AvgIpc) is 2.46. The first-order valence-corrected chi connectivity index (χ1v) is 8.04. The summed E-state index contributed by atoms with van der Waals surface area (Å²) in [5.74, 6) is 0.675. The number of benzene rings is 1. The molecule has 0 N–H and O–H groups in total. The zero-order valence-electron chi connectivity index (χ0n) is 12.6. The smallest absolute Gasteiger partial charge is 0.0127 e. The summed E-state index contributed by atoms with van der Waals surface area (Å²) in [6.45, 7) is 6.18. The van der Waals surface area contributed by atoms with Crippen molar-refractivity contribution in [1.29, 1.82) is 0 Å². The number of hydrogen-bond acceptors (Lipinski definition) is 0. The molecule has 0 aliphatic rings. The Kier molecular flexibility index (Phi) is 9.14. The summed E-state index contributed by atoms with van der Waals surface area (Å²) in [7, 11) is 0. The van der Waals surface area contributed by atoms with Crippen LogP contribution in [0.3, 0.4) is 0 Å². The van der Waals surface area contributed by atoms with Gasteiger partial charge in [0.15, 0.2) is 0 Å². The Morgan fingerprint density at radius 1 is 0.947 bits per heavy atom. The van der Waals surface area contributed by atoms with E-state index in [1.54, 1.807) is 0 Å². The normalized spacial score (nSPS) is 12.3. The van der Waals surface area contributed by atoms with Crippen molar-refractivity contribution in [3.63, 3.8) is 0 Å². The topological polar surface area (TPSA) is 0 Å². The lowest BCUT2D eigenvalue weighted by Crippen LogP contribution is -1.97. The van der Waals surface area contributed by atoms with Crippen LogP contribution in [0.5, 0.6) is 0 Å². The van der Waals surface area contributed by atoms with E-state index in [4.69, 9.17) is 0 Å². The quantitative estimate of drug-likeness (QED) is 0.314. The number of rotatable bonds is 11. The van der Waals surface area contributed by atoms with Gasteiger partial charge in [-0.15, -0.1) is 6.58 Å². The molecule has 1 unspecified atom stereocenters. The highest BCUT2D eigenvalue weighted by atomic mass is 14.1. The lowest BCUT2D eigenvalue weighted by atomic mass is 9.90. The van der Waals surface area contributed by atoms with Gasteiger partial charge in [0.2, 0.25) is 0 Å². The lowest BCUT2D eigenvalue weighted by Gasteiger charge is -2.15. The molecule has 1 aromatic carbocycles. The summed E-state index contributed by atoms with van der Waals surface area (Å²) < 4.78 is 0. The van der Waals surface area contributed by atoms with Crippen molar-refractivity contribution < 1.29 is 0 Å². The van der Waals surface area contributed by atoms with Gasteiger partial charge < -0.3 is 0 Å². The van der Waals surface area contributed by atoms with Crippen molar-refractivity contribution in [3.8, 4) is 0 Å². The number of allylic oxidation sites excluding steroid dienone is 1. The Balaban J connectivity index is 2.21. The molecule has 19 heavy (non-hydrogen) atoms. The third kappa shape index (κ3) is 7.20. The molecule has 0 radical (unpaired) electrons. The molecule has 1 rings (SSSR count). The third-order valence-corrected chi connectivity index (χ3v) is 3.88. The van der Waals surface area contributed by atoms with Gasteiger partial charge in [-0.1, -0.05) is 88.3 Å². The molecule has 0 bridgehead atoms. The molecule has 0 amide bonds. The van der Waals surface area contributed by atoms with E-state index in [0.29, 0.717) is 5.92 Å². The highest BCUT2D eigenvalue weighted by Crippen LogP contribution is 2.26. The molecule has 1 atom stereocenters. The molecule has 106 valence electrons. The Morgan fingerprint density at radius 2 is 1.58 bits per heavy atom. The van der Waals surface area contributed by atoms with Crippen molar-refractivity contribution >= 4 is 0 Å². The largest absolute Gasteiger partial charge is 0.103 e. The second-order valence-corrected chi connectivity index (χ2v) is 5.54. The van der Waals surface area contributed by atoms with Gasteiger partial charge in [-0.2, -0.15) is 0 Å². The first-order valence-electron chi connectivity index (χ1n) is 8.04. The molecular formula is C19H30. The SMILES string of the molecule is C=CCC(CCCCCCCCC)c1ccccc1. The lowest BCUT2D eigenvalue weighted by molar-refractivity contribution is 0.535. The molecular weight excluding hydrogens is 228 g/mol. The Hall–Kier alpha value is -1.04. The zero-order valence-corrected chi connectivity index (χ0v) is 12.6. The monoisotopic (exact) mass is 258 g/mol. The van der Waals surface area contributed by atoms with Gasteiger partial charge in [-0.05, 0) is 24.3 Å². The summed E-state index contributed by atoms with van der Waals surface area (Å²) in [6, 6.07) is 10.9. The summed E-state index contributed by atoms with van der Waals surface area (Å²) in [5.41, 5.74) is 1.48. The molecule has 0 aliphatic heterocycles. The van der Waals surface area contributed by atoms with E-state index in [0.717, 1.165) is 6.42 Å². The summed E-state index contributed by atoms with van der Waals surface area (Å²) in [6.07, 6.45) is 14.2. The molecule has 0 aromatic heterocycles. The molecule has 0 nitrogen and oxygen atoms in total.